The van der Waals surface area contributed by atoms with Crippen LogP contribution in [0.4, 0.5) is 0 Å². The van der Waals surface area contributed by atoms with Crippen molar-refractivity contribution in [1.82, 2.24) is 20.1 Å². The molecule has 0 radical (unpaired) electrons. The summed E-state index contributed by atoms with van der Waals surface area (Å²) in [5, 5.41) is 2.77. The third kappa shape index (κ3) is 5.03. The van der Waals surface area contributed by atoms with E-state index in [1.165, 1.54) is 6.92 Å². The Balaban J connectivity index is 1.87. The lowest BCUT2D eigenvalue weighted by atomic mass is 10.0. The van der Waals surface area contributed by atoms with Crippen LogP contribution in [0.15, 0.2) is 24.4 Å². The number of carbonyl (C=O) groups is 2. The maximum Gasteiger partial charge on any atom is 0.245 e. The molecule has 1 unspecified atom stereocenters. The first kappa shape index (κ1) is 17.4. The Morgan fingerprint density at radius 3 is 2.43 bits per heavy atom. The van der Waals surface area contributed by atoms with Crippen molar-refractivity contribution < 1.29 is 9.59 Å². The van der Waals surface area contributed by atoms with Crippen LogP contribution in [0, 0.1) is 5.92 Å². The first-order valence-electron chi connectivity index (χ1n) is 8.15. The quantitative estimate of drug-likeness (QED) is 0.875. The summed E-state index contributed by atoms with van der Waals surface area (Å²) in [7, 11) is 0. The summed E-state index contributed by atoms with van der Waals surface area (Å²) in [6, 6.07) is 5.48. The first-order chi connectivity index (χ1) is 11.0. The van der Waals surface area contributed by atoms with Gasteiger partial charge in [0.1, 0.15) is 6.04 Å². The Labute approximate surface area is 137 Å². The van der Waals surface area contributed by atoms with Gasteiger partial charge in [-0.1, -0.05) is 19.9 Å². The summed E-state index contributed by atoms with van der Waals surface area (Å²) >= 11 is 0. The average Bonchev–Trinajstić information content (AvgIpc) is 2.53. The van der Waals surface area contributed by atoms with Gasteiger partial charge in [-0.05, 0) is 18.1 Å². The largest absolute Gasteiger partial charge is 0.344 e. The number of hydrogen-bond donors (Lipinski definition) is 1. The second-order valence-corrected chi connectivity index (χ2v) is 6.34. The zero-order valence-corrected chi connectivity index (χ0v) is 14.2. The molecular weight excluding hydrogens is 292 g/mol. The smallest absolute Gasteiger partial charge is 0.245 e. The van der Waals surface area contributed by atoms with Crippen molar-refractivity contribution in [3.05, 3.63) is 30.1 Å². The fourth-order valence-electron chi connectivity index (χ4n) is 2.78. The summed E-state index contributed by atoms with van der Waals surface area (Å²) in [5.74, 6) is -0.0588. The minimum absolute atomic E-state index is 0.0210. The fourth-order valence-corrected chi connectivity index (χ4v) is 2.78. The molecule has 23 heavy (non-hydrogen) atoms. The van der Waals surface area contributed by atoms with Crippen molar-refractivity contribution in [1.29, 1.82) is 0 Å². The number of nitrogens with one attached hydrogen (secondary N) is 1. The zero-order chi connectivity index (χ0) is 16.8. The standard InChI is InChI=1S/C17H26N4O2/c1-13(2)16(19-14(3)22)17(23)21-10-8-20(9-11-21)12-15-6-4-5-7-18-15/h4-7,13,16H,8-12H2,1-3H3,(H,19,22). The molecule has 1 N–H and O–H groups in total. The van der Waals surface area contributed by atoms with E-state index in [2.05, 4.69) is 15.2 Å². The monoisotopic (exact) mass is 318 g/mol. The van der Waals surface area contributed by atoms with Crippen molar-refractivity contribution in [2.45, 2.75) is 33.4 Å². The Hall–Kier alpha value is -1.95. The van der Waals surface area contributed by atoms with E-state index in [0.29, 0.717) is 13.1 Å². The number of piperazine rings is 1. The van der Waals surface area contributed by atoms with Gasteiger partial charge >= 0.3 is 0 Å². The van der Waals surface area contributed by atoms with Crippen molar-refractivity contribution in [3.63, 3.8) is 0 Å². The van der Waals surface area contributed by atoms with Gasteiger partial charge in [0.25, 0.3) is 0 Å². The molecule has 2 amide bonds. The van der Waals surface area contributed by atoms with Crippen LogP contribution in [0.1, 0.15) is 26.5 Å². The van der Waals surface area contributed by atoms with Crippen molar-refractivity contribution in [2.75, 3.05) is 26.2 Å². The number of pyridine rings is 1. The number of carbonyl (C=O) groups excluding carboxylic acids is 2. The van der Waals surface area contributed by atoms with Crippen LogP contribution in [0.2, 0.25) is 0 Å². The van der Waals surface area contributed by atoms with Gasteiger partial charge in [-0.25, -0.2) is 0 Å². The average molecular weight is 318 g/mol. The highest BCUT2D eigenvalue weighted by atomic mass is 16.2. The molecule has 1 atom stereocenters. The first-order valence-corrected chi connectivity index (χ1v) is 8.15. The molecule has 6 heteroatoms. The fraction of sp³-hybridized carbons (Fsp3) is 0.588. The maximum absolute atomic E-state index is 12.6. The SMILES string of the molecule is CC(=O)NC(C(=O)N1CCN(Cc2ccccn2)CC1)C(C)C. The Kier molecular flexibility index (Phi) is 6.10. The third-order valence-corrected chi connectivity index (χ3v) is 4.09. The van der Waals surface area contributed by atoms with Crippen LogP contribution in [-0.4, -0.2) is 58.8 Å². The molecule has 126 valence electrons. The van der Waals surface area contributed by atoms with Gasteiger partial charge in [0.05, 0.1) is 5.69 Å². The van der Waals surface area contributed by atoms with E-state index in [9.17, 15) is 9.59 Å². The molecule has 1 aromatic rings. The number of amides is 2. The van der Waals surface area contributed by atoms with E-state index in [4.69, 9.17) is 0 Å². The van der Waals surface area contributed by atoms with Gasteiger partial charge in [-0.2, -0.15) is 0 Å². The van der Waals surface area contributed by atoms with E-state index >= 15 is 0 Å². The van der Waals surface area contributed by atoms with E-state index in [0.717, 1.165) is 25.3 Å². The minimum atomic E-state index is -0.435. The van der Waals surface area contributed by atoms with Gasteiger partial charge in [-0.3, -0.25) is 19.5 Å². The second kappa shape index (κ2) is 8.06. The molecule has 0 saturated carbocycles. The molecule has 2 rings (SSSR count). The molecule has 1 aromatic heterocycles. The highest BCUT2D eigenvalue weighted by Crippen LogP contribution is 2.11. The second-order valence-electron chi connectivity index (χ2n) is 6.34. The number of nitrogens with zero attached hydrogens (tertiary/aromatic N) is 3. The van der Waals surface area contributed by atoms with Crippen LogP contribution < -0.4 is 5.32 Å². The van der Waals surface area contributed by atoms with Crippen LogP contribution >= 0.6 is 0 Å². The van der Waals surface area contributed by atoms with Crippen molar-refractivity contribution in [2.24, 2.45) is 5.92 Å². The maximum atomic E-state index is 12.6. The van der Waals surface area contributed by atoms with Gasteiger partial charge < -0.3 is 10.2 Å². The molecule has 1 aliphatic rings. The predicted octanol–water partition coefficient (Wildman–Crippen LogP) is 0.887. The molecule has 0 aliphatic carbocycles. The molecule has 1 fully saturated rings. The highest BCUT2D eigenvalue weighted by Gasteiger charge is 2.30. The van der Waals surface area contributed by atoms with Crippen LogP contribution in [0.3, 0.4) is 0 Å². The topological polar surface area (TPSA) is 65.5 Å². The van der Waals surface area contributed by atoms with Crippen LogP contribution in [0.5, 0.6) is 0 Å². The minimum Gasteiger partial charge on any atom is -0.344 e. The van der Waals surface area contributed by atoms with E-state index in [1.54, 1.807) is 6.20 Å². The van der Waals surface area contributed by atoms with Gasteiger partial charge in [0.15, 0.2) is 0 Å². The third-order valence-electron chi connectivity index (χ3n) is 4.09. The molecule has 0 spiro atoms. The summed E-state index contributed by atoms with van der Waals surface area (Å²) in [5.41, 5.74) is 1.05. The lowest BCUT2D eigenvalue weighted by Crippen LogP contribution is -2.56. The van der Waals surface area contributed by atoms with E-state index in [1.807, 2.05) is 36.9 Å². The van der Waals surface area contributed by atoms with E-state index in [-0.39, 0.29) is 17.7 Å². The zero-order valence-electron chi connectivity index (χ0n) is 14.2. The molecule has 6 nitrogen and oxygen atoms in total. The normalized spacial score (nSPS) is 17.1. The van der Waals surface area contributed by atoms with Gasteiger partial charge in [0.2, 0.25) is 11.8 Å². The molecule has 2 heterocycles. The summed E-state index contributed by atoms with van der Waals surface area (Å²) in [6.07, 6.45) is 1.80. The summed E-state index contributed by atoms with van der Waals surface area (Å²) in [4.78, 5) is 32.4. The Bertz CT molecular complexity index is 525. The van der Waals surface area contributed by atoms with Crippen molar-refractivity contribution in [3.8, 4) is 0 Å². The molecule has 0 aromatic carbocycles. The Morgan fingerprint density at radius 1 is 1.22 bits per heavy atom. The van der Waals surface area contributed by atoms with Crippen molar-refractivity contribution >= 4 is 11.8 Å². The number of rotatable bonds is 5. The molecule has 0 bridgehead atoms. The Morgan fingerprint density at radius 2 is 1.91 bits per heavy atom. The lowest BCUT2D eigenvalue weighted by Gasteiger charge is -2.37. The molecular formula is C17H26N4O2. The predicted molar refractivity (Wildman–Crippen MR) is 88.5 cm³/mol. The summed E-state index contributed by atoms with van der Waals surface area (Å²) in [6.45, 7) is 9.20. The summed E-state index contributed by atoms with van der Waals surface area (Å²) < 4.78 is 0. The van der Waals surface area contributed by atoms with E-state index < -0.39 is 6.04 Å². The van der Waals surface area contributed by atoms with Gasteiger partial charge in [0, 0.05) is 45.8 Å². The molecule has 1 aliphatic heterocycles. The highest BCUT2D eigenvalue weighted by molar-refractivity contribution is 5.87. The molecule has 1 saturated heterocycles. The van der Waals surface area contributed by atoms with Gasteiger partial charge in [-0.15, -0.1) is 0 Å². The van der Waals surface area contributed by atoms with Crippen LogP contribution in [0.25, 0.3) is 0 Å². The van der Waals surface area contributed by atoms with Crippen LogP contribution in [-0.2, 0) is 16.1 Å². The number of aromatic nitrogens is 1. The lowest BCUT2D eigenvalue weighted by molar-refractivity contribution is -0.138. The number of hydrogen-bond acceptors (Lipinski definition) is 4.